The van der Waals surface area contributed by atoms with Crippen LogP contribution in [-0.2, 0) is 28.6 Å². The lowest BCUT2D eigenvalue weighted by molar-refractivity contribution is -0.156. The van der Waals surface area contributed by atoms with Gasteiger partial charge in [-0.1, -0.05) is 6.08 Å². The predicted molar refractivity (Wildman–Crippen MR) is 80.2 cm³/mol. The second kappa shape index (κ2) is 9.09. The molecular weight excluding hydrogens is 304 g/mol. The van der Waals surface area contributed by atoms with Crippen molar-refractivity contribution >= 4 is 17.9 Å². The molecule has 0 aliphatic carbocycles. The Kier molecular flexibility index (Phi) is 7.47. The Bertz CT molecular complexity index is 493. The van der Waals surface area contributed by atoms with Gasteiger partial charge in [-0.3, -0.25) is 9.59 Å². The number of esters is 3. The standard InChI is InChI=1S/C16H22O7/c1-4-5-15(19)22-12(10(2)17)6-7-13(21-11(3)18)14-8-9-16(20)23-14/h4-7,10,12-14,17H,8-9H2,1-3H3/b5-4+,7-6+. The van der Waals surface area contributed by atoms with Crippen LogP contribution in [0, 0.1) is 0 Å². The molecule has 0 amide bonds. The summed E-state index contributed by atoms with van der Waals surface area (Å²) in [6.45, 7) is 4.38. The Morgan fingerprint density at radius 3 is 2.52 bits per heavy atom. The molecule has 7 heteroatoms. The summed E-state index contributed by atoms with van der Waals surface area (Å²) in [6.07, 6.45) is 3.08. The number of aliphatic hydroxyl groups is 1. The van der Waals surface area contributed by atoms with E-state index in [0.29, 0.717) is 6.42 Å². The number of hydrogen-bond donors (Lipinski definition) is 1. The number of hydrogen-bond acceptors (Lipinski definition) is 7. The normalized spacial score (nSPS) is 21.9. The number of aliphatic hydroxyl groups excluding tert-OH is 1. The lowest BCUT2D eigenvalue weighted by Gasteiger charge is -2.21. The molecule has 1 aliphatic heterocycles. The fraction of sp³-hybridized carbons (Fsp3) is 0.562. The molecule has 0 bridgehead atoms. The molecule has 1 rings (SSSR count). The number of rotatable bonds is 7. The minimum Gasteiger partial charge on any atom is -0.458 e. The van der Waals surface area contributed by atoms with Gasteiger partial charge in [-0.15, -0.1) is 0 Å². The second-order valence-electron chi connectivity index (χ2n) is 5.17. The van der Waals surface area contributed by atoms with Crippen LogP contribution in [0.5, 0.6) is 0 Å². The lowest BCUT2D eigenvalue weighted by atomic mass is 10.1. The highest BCUT2D eigenvalue weighted by atomic mass is 16.6. The highest BCUT2D eigenvalue weighted by molar-refractivity contribution is 5.82. The van der Waals surface area contributed by atoms with Crippen molar-refractivity contribution in [2.24, 2.45) is 0 Å². The van der Waals surface area contributed by atoms with Gasteiger partial charge in [-0.05, 0) is 32.4 Å². The van der Waals surface area contributed by atoms with Crippen LogP contribution in [0.1, 0.15) is 33.6 Å². The van der Waals surface area contributed by atoms with Crippen molar-refractivity contribution in [3.05, 3.63) is 24.3 Å². The third-order valence-electron chi connectivity index (χ3n) is 3.11. The minimum absolute atomic E-state index is 0.256. The summed E-state index contributed by atoms with van der Waals surface area (Å²) in [5.74, 6) is -1.48. The fourth-order valence-electron chi connectivity index (χ4n) is 2.04. The van der Waals surface area contributed by atoms with Crippen molar-refractivity contribution in [2.45, 2.75) is 58.0 Å². The van der Waals surface area contributed by atoms with E-state index in [1.54, 1.807) is 6.92 Å². The van der Waals surface area contributed by atoms with Crippen LogP contribution < -0.4 is 0 Å². The maximum absolute atomic E-state index is 11.5. The van der Waals surface area contributed by atoms with E-state index in [1.165, 1.54) is 38.2 Å². The van der Waals surface area contributed by atoms with Gasteiger partial charge in [-0.25, -0.2) is 4.79 Å². The first-order valence-electron chi connectivity index (χ1n) is 7.40. The van der Waals surface area contributed by atoms with Gasteiger partial charge in [0, 0.05) is 19.4 Å². The Balaban J connectivity index is 2.80. The third-order valence-corrected chi connectivity index (χ3v) is 3.11. The van der Waals surface area contributed by atoms with E-state index >= 15 is 0 Å². The molecule has 0 aromatic carbocycles. The summed E-state index contributed by atoms with van der Waals surface area (Å²) in [5, 5.41) is 9.69. The average Bonchev–Trinajstić information content (AvgIpc) is 2.88. The maximum Gasteiger partial charge on any atom is 0.331 e. The van der Waals surface area contributed by atoms with E-state index in [4.69, 9.17) is 14.2 Å². The molecule has 7 nitrogen and oxygen atoms in total. The SMILES string of the molecule is C/C=C/C(=O)OC(/C=C/C(OC(C)=O)C1CCC(=O)O1)C(C)O. The van der Waals surface area contributed by atoms with Crippen molar-refractivity contribution in [3.63, 3.8) is 0 Å². The molecule has 1 saturated heterocycles. The average molecular weight is 326 g/mol. The van der Waals surface area contributed by atoms with Gasteiger partial charge in [0.25, 0.3) is 0 Å². The molecular formula is C16H22O7. The van der Waals surface area contributed by atoms with Crippen molar-refractivity contribution in [1.82, 2.24) is 0 Å². The van der Waals surface area contributed by atoms with E-state index in [2.05, 4.69) is 0 Å². The Morgan fingerprint density at radius 2 is 2.04 bits per heavy atom. The molecule has 4 unspecified atom stereocenters. The second-order valence-corrected chi connectivity index (χ2v) is 5.17. The smallest absolute Gasteiger partial charge is 0.331 e. The van der Waals surface area contributed by atoms with E-state index in [-0.39, 0.29) is 12.4 Å². The lowest BCUT2D eigenvalue weighted by Crippen LogP contribution is -2.31. The summed E-state index contributed by atoms with van der Waals surface area (Å²) < 4.78 is 15.3. The van der Waals surface area contributed by atoms with Gasteiger partial charge in [0.15, 0.2) is 6.10 Å². The maximum atomic E-state index is 11.5. The molecule has 23 heavy (non-hydrogen) atoms. The van der Waals surface area contributed by atoms with Crippen LogP contribution in [0.25, 0.3) is 0 Å². The van der Waals surface area contributed by atoms with Gasteiger partial charge in [0.05, 0.1) is 6.10 Å². The molecule has 1 N–H and O–H groups in total. The van der Waals surface area contributed by atoms with Crippen molar-refractivity contribution in [2.75, 3.05) is 0 Å². The number of ether oxygens (including phenoxy) is 3. The molecule has 0 saturated carbocycles. The zero-order valence-corrected chi connectivity index (χ0v) is 13.4. The van der Waals surface area contributed by atoms with E-state index in [0.717, 1.165) is 0 Å². The van der Waals surface area contributed by atoms with Crippen LogP contribution in [0.2, 0.25) is 0 Å². The summed E-state index contributed by atoms with van der Waals surface area (Å²) in [6, 6.07) is 0. The van der Waals surface area contributed by atoms with E-state index in [1.807, 2.05) is 0 Å². The first-order chi connectivity index (χ1) is 10.8. The predicted octanol–water partition coefficient (Wildman–Crippen LogP) is 1.05. The molecule has 0 aromatic heterocycles. The van der Waals surface area contributed by atoms with Crippen LogP contribution in [-0.4, -0.2) is 47.4 Å². The molecule has 1 heterocycles. The van der Waals surface area contributed by atoms with Crippen LogP contribution in [0.15, 0.2) is 24.3 Å². The fourth-order valence-corrected chi connectivity index (χ4v) is 2.04. The van der Waals surface area contributed by atoms with Gasteiger partial charge in [0.1, 0.15) is 12.2 Å². The van der Waals surface area contributed by atoms with Crippen molar-refractivity contribution in [1.29, 1.82) is 0 Å². The molecule has 128 valence electrons. The Hall–Kier alpha value is -2.15. The van der Waals surface area contributed by atoms with Crippen LogP contribution in [0.3, 0.4) is 0 Å². The molecule has 1 aliphatic rings. The van der Waals surface area contributed by atoms with Gasteiger partial charge in [0.2, 0.25) is 0 Å². The van der Waals surface area contributed by atoms with Crippen molar-refractivity contribution < 1.29 is 33.7 Å². The Labute approximate surface area is 134 Å². The number of cyclic esters (lactones) is 1. The van der Waals surface area contributed by atoms with E-state index < -0.39 is 36.4 Å². The monoisotopic (exact) mass is 326 g/mol. The van der Waals surface area contributed by atoms with Crippen LogP contribution in [0.4, 0.5) is 0 Å². The summed E-state index contributed by atoms with van der Waals surface area (Å²) in [5.41, 5.74) is 0. The summed E-state index contributed by atoms with van der Waals surface area (Å²) >= 11 is 0. The van der Waals surface area contributed by atoms with Crippen LogP contribution >= 0.6 is 0 Å². The minimum atomic E-state index is -0.954. The summed E-state index contributed by atoms with van der Waals surface area (Å²) in [7, 11) is 0. The molecule has 1 fully saturated rings. The third kappa shape index (κ3) is 6.65. The topological polar surface area (TPSA) is 99.1 Å². The summed E-state index contributed by atoms with van der Waals surface area (Å²) in [4.78, 5) is 33.9. The van der Waals surface area contributed by atoms with Crippen molar-refractivity contribution in [3.8, 4) is 0 Å². The highest BCUT2D eigenvalue weighted by Gasteiger charge is 2.32. The molecule has 0 aromatic rings. The number of carbonyl (C=O) groups is 3. The Morgan fingerprint density at radius 1 is 1.35 bits per heavy atom. The molecule has 0 spiro atoms. The largest absolute Gasteiger partial charge is 0.458 e. The van der Waals surface area contributed by atoms with Gasteiger partial charge >= 0.3 is 17.9 Å². The molecule has 4 atom stereocenters. The first kappa shape index (κ1) is 18.9. The zero-order chi connectivity index (χ0) is 17.4. The molecule has 0 radical (unpaired) electrons. The van der Waals surface area contributed by atoms with Gasteiger partial charge < -0.3 is 19.3 Å². The zero-order valence-electron chi connectivity index (χ0n) is 13.4. The van der Waals surface area contributed by atoms with E-state index in [9.17, 15) is 19.5 Å². The number of allylic oxidation sites excluding steroid dienone is 1. The van der Waals surface area contributed by atoms with Gasteiger partial charge in [-0.2, -0.15) is 0 Å². The quantitative estimate of drug-likeness (QED) is 0.323. The first-order valence-corrected chi connectivity index (χ1v) is 7.40. The highest BCUT2D eigenvalue weighted by Crippen LogP contribution is 2.21. The number of carbonyl (C=O) groups excluding carboxylic acids is 3.